The predicted molar refractivity (Wildman–Crippen MR) is 149 cm³/mol. The van der Waals surface area contributed by atoms with Crippen LogP contribution in [0.5, 0.6) is 11.5 Å². The van der Waals surface area contributed by atoms with Gasteiger partial charge in [-0.15, -0.1) is 0 Å². The highest BCUT2D eigenvalue weighted by atomic mass is 32.2. The molecule has 2 aliphatic heterocycles. The molecular formula is C29H23N3O7S. The number of nitrogens with zero attached hydrogens (tertiary/aromatic N) is 2. The summed E-state index contributed by atoms with van der Waals surface area (Å²) in [6, 6.07) is 17.8. The van der Waals surface area contributed by atoms with E-state index in [1.54, 1.807) is 66.7 Å². The molecule has 1 saturated heterocycles. The molecule has 1 N–H and O–H groups in total. The van der Waals surface area contributed by atoms with Gasteiger partial charge in [0.05, 0.1) is 35.9 Å². The van der Waals surface area contributed by atoms with Gasteiger partial charge in [0, 0.05) is 18.7 Å². The minimum Gasteiger partial charge on any atom is -0.493 e. The average molecular weight is 558 g/mol. The third-order valence-corrected chi connectivity index (χ3v) is 7.27. The number of methoxy groups -OCH3 is 2. The van der Waals surface area contributed by atoms with Crippen molar-refractivity contribution in [1.29, 1.82) is 0 Å². The molecule has 3 aromatic carbocycles. The Balaban J connectivity index is 1.22. The highest BCUT2D eigenvalue weighted by Crippen LogP contribution is 2.34. The number of anilines is 1. The summed E-state index contributed by atoms with van der Waals surface area (Å²) in [5.41, 5.74) is 1.76. The first-order valence-electron chi connectivity index (χ1n) is 12.2. The van der Waals surface area contributed by atoms with E-state index in [9.17, 15) is 24.0 Å². The molecule has 0 aliphatic carbocycles. The fourth-order valence-electron chi connectivity index (χ4n) is 4.38. The number of carbonyl (C=O) groups excluding carboxylic acids is 5. The van der Waals surface area contributed by atoms with E-state index in [4.69, 9.17) is 9.47 Å². The third kappa shape index (κ3) is 4.94. The third-order valence-electron chi connectivity index (χ3n) is 6.36. The zero-order valence-corrected chi connectivity index (χ0v) is 22.3. The number of thioether (sulfide) groups is 1. The Labute approximate surface area is 233 Å². The molecule has 0 spiro atoms. The predicted octanol–water partition coefficient (Wildman–Crippen LogP) is 3.97. The normalized spacial score (nSPS) is 15.6. The van der Waals surface area contributed by atoms with Crippen LogP contribution in [0.3, 0.4) is 0 Å². The minimum absolute atomic E-state index is 0.0117. The molecule has 2 aliphatic rings. The van der Waals surface area contributed by atoms with Crippen LogP contribution in [0.2, 0.25) is 0 Å². The van der Waals surface area contributed by atoms with Gasteiger partial charge in [-0.3, -0.25) is 28.9 Å². The number of fused-ring (bicyclic) bond motifs is 1. The molecule has 0 saturated carbocycles. The molecule has 40 heavy (non-hydrogen) atoms. The van der Waals surface area contributed by atoms with Crippen LogP contribution in [0, 0.1) is 0 Å². The van der Waals surface area contributed by atoms with Crippen molar-refractivity contribution < 1.29 is 33.4 Å². The maximum atomic E-state index is 12.9. The van der Waals surface area contributed by atoms with E-state index in [1.165, 1.54) is 20.3 Å². The molecule has 11 heteroatoms. The van der Waals surface area contributed by atoms with Gasteiger partial charge in [-0.25, -0.2) is 4.90 Å². The number of hydrogen-bond acceptors (Lipinski definition) is 8. The monoisotopic (exact) mass is 557 g/mol. The van der Waals surface area contributed by atoms with Crippen molar-refractivity contribution in [3.8, 4) is 11.5 Å². The smallest absolute Gasteiger partial charge is 0.293 e. The van der Waals surface area contributed by atoms with Crippen molar-refractivity contribution in [2.24, 2.45) is 0 Å². The number of rotatable bonds is 8. The lowest BCUT2D eigenvalue weighted by atomic mass is 10.1. The molecule has 3 aromatic rings. The first-order chi connectivity index (χ1) is 19.3. The number of amides is 5. The molecule has 10 nitrogen and oxygen atoms in total. The van der Waals surface area contributed by atoms with Crippen LogP contribution >= 0.6 is 11.8 Å². The van der Waals surface area contributed by atoms with Gasteiger partial charge in [0.15, 0.2) is 11.5 Å². The number of benzene rings is 3. The standard InChI is InChI=1S/C29H23N3O7S/c1-38-22-11-10-17(14-23(22)39-2)15-24-28(36)31(29(37)40-24)13-12-30-25(33)18-6-5-7-19(16-18)32-26(34)20-8-3-4-9-21(20)27(32)35/h3-11,14-16H,12-13H2,1-2H3,(H,30,33)/b24-15-. The topological polar surface area (TPSA) is 122 Å². The SMILES string of the molecule is COc1ccc(/C=C2\SC(=O)N(CCNC(=O)c3cccc(N4C(=O)c5ccccc5C4=O)c3)C2=O)cc1OC. The fraction of sp³-hybridized carbons (Fsp3) is 0.138. The quantitative estimate of drug-likeness (QED) is 0.326. The molecule has 5 amide bonds. The Morgan fingerprint density at radius 3 is 2.23 bits per heavy atom. The summed E-state index contributed by atoms with van der Waals surface area (Å²) in [5, 5.41) is 2.24. The summed E-state index contributed by atoms with van der Waals surface area (Å²) >= 11 is 0.811. The van der Waals surface area contributed by atoms with Gasteiger partial charge < -0.3 is 14.8 Å². The second-order valence-corrected chi connectivity index (χ2v) is 9.74. The number of imide groups is 2. The Morgan fingerprint density at radius 2 is 1.55 bits per heavy atom. The second kappa shape index (κ2) is 11.1. The van der Waals surface area contributed by atoms with E-state index in [1.807, 2.05) is 0 Å². The Hall–Kier alpha value is -4.90. The van der Waals surface area contributed by atoms with Gasteiger partial charge in [-0.1, -0.05) is 24.3 Å². The summed E-state index contributed by atoms with van der Waals surface area (Å²) in [6.07, 6.45) is 1.59. The van der Waals surface area contributed by atoms with E-state index in [-0.39, 0.29) is 29.2 Å². The number of hydrogen-bond donors (Lipinski definition) is 1. The van der Waals surface area contributed by atoms with Crippen LogP contribution in [0.4, 0.5) is 10.5 Å². The van der Waals surface area contributed by atoms with E-state index in [2.05, 4.69) is 5.32 Å². The largest absolute Gasteiger partial charge is 0.493 e. The van der Waals surface area contributed by atoms with Gasteiger partial charge in [-0.05, 0) is 65.9 Å². The molecule has 0 aromatic heterocycles. The highest BCUT2D eigenvalue weighted by molar-refractivity contribution is 8.18. The van der Waals surface area contributed by atoms with Crippen LogP contribution in [-0.2, 0) is 4.79 Å². The second-order valence-electron chi connectivity index (χ2n) is 8.75. The molecule has 5 rings (SSSR count). The van der Waals surface area contributed by atoms with Crippen molar-refractivity contribution in [3.05, 3.63) is 93.9 Å². The minimum atomic E-state index is -0.480. The van der Waals surface area contributed by atoms with E-state index in [0.29, 0.717) is 28.2 Å². The Kier molecular flexibility index (Phi) is 7.39. The van der Waals surface area contributed by atoms with Crippen molar-refractivity contribution in [1.82, 2.24) is 10.2 Å². The lowest BCUT2D eigenvalue weighted by Gasteiger charge is -2.16. The molecule has 2 heterocycles. The van der Waals surface area contributed by atoms with Crippen LogP contribution in [0.1, 0.15) is 36.6 Å². The Morgan fingerprint density at radius 1 is 0.850 bits per heavy atom. The highest BCUT2D eigenvalue weighted by Gasteiger charge is 2.37. The first kappa shape index (κ1) is 26.7. The first-order valence-corrected chi connectivity index (χ1v) is 13.0. The van der Waals surface area contributed by atoms with Crippen molar-refractivity contribution >= 4 is 52.4 Å². The van der Waals surface area contributed by atoms with Crippen molar-refractivity contribution in [3.63, 3.8) is 0 Å². The zero-order valence-electron chi connectivity index (χ0n) is 21.5. The van der Waals surface area contributed by atoms with Gasteiger partial charge >= 0.3 is 0 Å². The molecule has 0 unspecified atom stereocenters. The van der Waals surface area contributed by atoms with E-state index in [0.717, 1.165) is 21.6 Å². The Bertz CT molecular complexity index is 1560. The van der Waals surface area contributed by atoms with Crippen molar-refractivity contribution in [2.45, 2.75) is 0 Å². The van der Waals surface area contributed by atoms with Crippen LogP contribution in [0.15, 0.2) is 71.6 Å². The average Bonchev–Trinajstić information content (AvgIpc) is 3.39. The summed E-state index contributed by atoms with van der Waals surface area (Å²) < 4.78 is 10.5. The number of ether oxygens (including phenoxy) is 2. The molecule has 202 valence electrons. The molecule has 0 atom stereocenters. The zero-order chi connectivity index (χ0) is 28.4. The van der Waals surface area contributed by atoms with Gasteiger partial charge in [0.2, 0.25) is 0 Å². The maximum absolute atomic E-state index is 12.9. The van der Waals surface area contributed by atoms with E-state index < -0.39 is 28.9 Å². The summed E-state index contributed by atoms with van der Waals surface area (Å²) in [4.78, 5) is 66.1. The fourth-order valence-corrected chi connectivity index (χ4v) is 5.25. The van der Waals surface area contributed by atoms with Crippen LogP contribution in [-0.4, -0.2) is 61.1 Å². The summed E-state index contributed by atoms with van der Waals surface area (Å²) in [5.74, 6) is -0.835. The molecule has 0 radical (unpaired) electrons. The molecule has 1 fully saturated rings. The maximum Gasteiger partial charge on any atom is 0.293 e. The number of carbonyl (C=O) groups is 5. The lowest BCUT2D eigenvalue weighted by molar-refractivity contribution is -0.122. The summed E-state index contributed by atoms with van der Waals surface area (Å²) in [7, 11) is 3.03. The van der Waals surface area contributed by atoms with Gasteiger partial charge in [-0.2, -0.15) is 0 Å². The van der Waals surface area contributed by atoms with E-state index >= 15 is 0 Å². The number of nitrogens with one attached hydrogen (secondary N) is 1. The lowest BCUT2D eigenvalue weighted by Crippen LogP contribution is -2.37. The van der Waals surface area contributed by atoms with Gasteiger partial charge in [0.25, 0.3) is 28.9 Å². The molecular weight excluding hydrogens is 534 g/mol. The van der Waals surface area contributed by atoms with Gasteiger partial charge in [0.1, 0.15) is 0 Å². The molecule has 0 bridgehead atoms. The van der Waals surface area contributed by atoms with Crippen molar-refractivity contribution in [2.75, 3.05) is 32.2 Å². The van der Waals surface area contributed by atoms with Crippen LogP contribution in [0.25, 0.3) is 6.08 Å². The summed E-state index contributed by atoms with van der Waals surface area (Å²) in [6.45, 7) is -0.0183. The van der Waals surface area contributed by atoms with Crippen LogP contribution < -0.4 is 19.7 Å².